The van der Waals surface area contributed by atoms with Crippen molar-refractivity contribution in [3.63, 3.8) is 0 Å². The Labute approximate surface area is 278 Å². The van der Waals surface area contributed by atoms with Crippen LogP contribution in [0, 0.1) is 0 Å². The SMILES string of the molecule is CCOCCOc1ccc(CC(C(=O)OCC)N2CCN(CC(=O)O)CCN(C(CC)C(=O)OCC)CCN(CC(=O)O)CC2)cc1. The van der Waals surface area contributed by atoms with Crippen LogP contribution >= 0.6 is 0 Å². The van der Waals surface area contributed by atoms with Crippen molar-refractivity contribution in [1.82, 2.24) is 19.6 Å². The summed E-state index contributed by atoms with van der Waals surface area (Å²) in [6.45, 7) is 11.6. The predicted octanol–water partition coefficient (Wildman–Crippen LogP) is 1.31. The van der Waals surface area contributed by atoms with Crippen LogP contribution in [0.15, 0.2) is 24.3 Å². The second-order valence-electron chi connectivity index (χ2n) is 11.2. The average Bonchev–Trinajstić information content (AvgIpc) is 3.02. The number of hydrogen-bond donors (Lipinski definition) is 2. The first-order valence-corrected chi connectivity index (χ1v) is 16.6. The molecule has 47 heavy (non-hydrogen) atoms. The van der Waals surface area contributed by atoms with Crippen LogP contribution in [0.3, 0.4) is 0 Å². The number of hydrogen-bond acceptors (Lipinski definition) is 12. The van der Waals surface area contributed by atoms with Crippen molar-refractivity contribution < 1.29 is 48.3 Å². The topological polar surface area (TPSA) is 159 Å². The fraction of sp³-hybridized carbons (Fsp3) is 0.697. The Morgan fingerprint density at radius 3 is 1.55 bits per heavy atom. The van der Waals surface area contributed by atoms with Gasteiger partial charge >= 0.3 is 23.9 Å². The van der Waals surface area contributed by atoms with Gasteiger partial charge in [0.15, 0.2) is 0 Å². The molecule has 1 saturated heterocycles. The lowest BCUT2D eigenvalue weighted by molar-refractivity contribution is -0.150. The first-order valence-electron chi connectivity index (χ1n) is 16.6. The molecule has 0 saturated carbocycles. The van der Waals surface area contributed by atoms with Gasteiger partial charge in [-0.15, -0.1) is 0 Å². The van der Waals surface area contributed by atoms with Crippen LogP contribution in [0.1, 0.15) is 39.7 Å². The highest BCUT2D eigenvalue weighted by atomic mass is 16.5. The number of carboxylic acids is 2. The van der Waals surface area contributed by atoms with E-state index in [4.69, 9.17) is 18.9 Å². The van der Waals surface area contributed by atoms with Gasteiger partial charge in [-0.05, 0) is 51.3 Å². The van der Waals surface area contributed by atoms with Gasteiger partial charge in [-0.3, -0.25) is 38.8 Å². The zero-order chi connectivity index (χ0) is 34.6. The van der Waals surface area contributed by atoms with E-state index in [1.54, 1.807) is 23.6 Å². The van der Waals surface area contributed by atoms with Crippen LogP contribution in [0.4, 0.5) is 0 Å². The van der Waals surface area contributed by atoms with Crippen LogP contribution in [0.5, 0.6) is 5.75 Å². The second-order valence-corrected chi connectivity index (χ2v) is 11.2. The number of rotatable bonds is 18. The molecule has 1 aliphatic rings. The normalized spacial score (nSPS) is 17.5. The van der Waals surface area contributed by atoms with E-state index in [1.807, 2.05) is 47.9 Å². The van der Waals surface area contributed by atoms with Gasteiger partial charge in [-0.1, -0.05) is 19.1 Å². The zero-order valence-corrected chi connectivity index (χ0v) is 28.4. The monoisotopic (exact) mass is 666 g/mol. The molecule has 2 N–H and O–H groups in total. The van der Waals surface area contributed by atoms with E-state index in [0.29, 0.717) is 90.8 Å². The molecule has 0 radical (unpaired) electrons. The van der Waals surface area contributed by atoms with Crippen LogP contribution in [0.2, 0.25) is 0 Å². The predicted molar refractivity (Wildman–Crippen MR) is 175 cm³/mol. The number of esters is 2. The molecule has 2 atom stereocenters. The van der Waals surface area contributed by atoms with E-state index in [2.05, 4.69) is 0 Å². The number of carbonyl (C=O) groups is 4. The van der Waals surface area contributed by atoms with Crippen molar-refractivity contribution in [2.75, 3.05) is 98.5 Å². The molecule has 1 aromatic rings. The van der Waals surface area contributed by atoms with Gasteiger partial charge in [0.05, 0.1) is 32.9 Å². The van der Waals surface area contributed by atoms with Gasteiger partial charge in [0.25, 0.3) is 0 Å². The summed E-state index contributed by atoms with van der Waals surface area (Å²) in [4.78, 5) is 57.4. The van der Waals surface area contributed by atoms with Gasteiger partial charge < -0.3 is 29.2 Å². The molecule has 14 heteroatoms. The third-order valence-electron chi connectivity index (χ3n) is 7.97. The summed E-state index contributed by atoms with van der Waals surface area (Å²) in [5.41, 5.74) is 0.885. The molecule has 1 aromatic carbocycles. The van der Waals surface area contributed by atoms with Gasteiger partial charge in [0.1, 0.15) is 24.4 Å². The van der Waals surface area contributed by atoms with Crippen molar-refractivity contribution in [3.8, 4) is 5.75 Å². The fourth-order valence-corrected chi connectivity index (χ4v) is 5.57. The van der Waals surface area contributed by atoms with E-state index >= 15 is 0 Å². The van der Waals surface area contributed by atoms with Crippen LogP contribution in [-0.2, 0) is 39.8 Å². The molecule has 0 aromatic heterocycles. The highest BCUT2D eigenvalue weighted by molar-refractivity contribution is 5.76. The largest absolute Gasteiger partial charge is 0.491 e. The van der Waals surface area contributed by atoms with Gasteiger partial charge in [0.2, 0.25) is 0 Å². The number of nitrogens with zero attached hydrogens (tertiary/aromatic N) is 4. The van der Waals surface area contributed by atoms with E-state index < -0.39 is 30.0 Å². The Morgan fingerprint density at radius 1 is 0.660 bits per heavy atom. The van der Waals surface area contributed by atoms with Gasteiger partial charge in [-0.2, -0.15) is 0 Å². The smallest absolute Gasteiger partial charge is 0.323 e. The summed E-state index contributed by atoms with van der Waals surface area (Å²) in [7, 11) is 0. The standard InChI is InChI=1S/C33H54N4O10/c1-5-28(32(42)45-7-3)36-17-13-34(24-30(38)39)15-19-37(20-16-35(14-18-36)25-31(40)41)29(33(43)46-8-4)23-26-9-11-27(12-10-26)47-22-21-44-6-2/h9-12,28-29H,5-8,13-25H2,1-4H3,(H,38,39)(H,40,41). The van der Waals surface area contributed by atoms with Gasteiger partial charge in [0, 0.05) is 59.0 Å². The quantitative estimate of drug-likeness (QED) is 0.171. The molecule has 1 aliphatic heterocycles. The Morgan fingerprint density at radius 2 is 1.13 bits per heavy atom. The minimum atomic E-state index is -0.981. The Balaban J connectivity index is 2.35. The fourth-order valence-electron chi connectivity index (χ4n) is 5.57. The third kappa shape index (κ3) is 15.0. The first-order chi connectivity index (χ1) is 22.6. The number of ether oxygens (including phenoxy) is 4. The van der Waals surface area contributed by atoms with E-state index in [-0.39, 0.29) is 32.3 Å². The molecule has 266 valence electrons. The lowest BCUT2D eigenvalue weighted by atomic mass is 10.0. The summed E-state index contributed by atoms with van der Waals surface area (Å²) in [5, 5.41) is 19.4. The molecular formula is C33H54N4O10. The van der Waals surface area contributed by atoms with Gasteiger partial charge in [-0.25, -0.2) is 0 Å². The molecule has 0 spiro atoms. The lowest BCUT2D eigenvalue weighted by Gasteiger charge is -2.37. The van der Waals surface area contributed by atoms with Crippen molar-refractivity contribution >= 4 is 23.9 Å². The molecular weight excluding hydrogens is 612 g/mol. The molecule has 1 fully saturated rings. The molecule has 1 heterocycles. The molecule has 2 unspecified atom stereocenters. The van der Waals surface area contributed by atoms with Crippen molar-refractivity contribution in [2.24, 2.45) is 0 Å². The van der Waals surface area contributed by atoms with Crippen LogP contribution < -0.4 is 4.74 Å². The van der Waals surface area contributed by atoms with E-state index in [1.165, 1.54) is 0 Å². The maximum Gasteiger partial charge on any atom is 0.323 e. The maximum atomic E-state index is 13.4. The van der Waals surface area contributed by atoms with Crippen molar-refractivity contribution in [2.45, 2.75) is 52.6 Å². The highest BCUT2D eigenvalue weighted by Crippen LogP contribution is 2.17. The summed E-state index contributed by atoms with van der Waals surface area (Å²) in [6, 6.07) is 6.25. The zero-order valence-electron chi connectivity index (χ0n) is 28.4. The Bertz CT molecular complexity index is 1060. The highest BCUT2D eigenvalue weighted by Gasteiger charge is 2.31. The summed E-state index contributed by atoms with van der Waals surface area (Å²) < 4.78 is 21.9. The molecule has 0 aliphatic carbocycles. The Kier molecular flexibility index (Phi) is 18.9. The lowest BCUT2D eigenvalue weighted by Crippen LogP contribution is -2.54. The Hall–Kier alpha value is -3.30. The first kappa shape index (κ1) is 39.9. The number of carbonyl (C=O) groups excluding carboxylic acids is 2. The summed E-state index contributed by atoms with van der Waals surface area (Å²) in [5.74, 6) is -2.04. The van der Waals surface area contributed by atoms with E-state index in [9.17, 15) is 29.4 Å². The minimum Gasteiger partial charge on any atom is -0.491 e. The minimum absolute atomic E-state index is 0.195. The maximum absolute atomic E-state index is 13.4. The molecule has 0 bridgehead atoms. The number of benzene rings is 1. The average molecular weight is 667 g/mol. The third-order valence-corrected chi connectivity index (χ3v) is 7.97. The molecule has 14 nitrogen and oxygen atoms in total. The molecule has 0 amide bonds. The summed E-state index contributed by atoms with van der Waals surface area (Å²) >= 11 is 0. The van der Waals surface area contributed by atoms with Crippen molar-refractivity contribution in [1.29, 1.82) is 0 Å². The number of carboxylic acid groups (broad SMARTS) is 2. The number of aliphatic carboxylic acids is 2. The van der Waals surface area contributed by atoms with Crippen molar-refractivity contribution in [3.05, 3.63) is 29.8 Å². The summed E-state index contributed by atoms with van der Waals surface area (Å²) in [6.07, 6.45) is 0.827. The van der Waals surface area contributed by atoms with E-state index in [0.717, 1.165) is 5.56 Å². The van der Waals surface area contributed by atoms with Crippen LogP contribution in [-0.4, -0.2) is 164 Å². The molecule has 2 rings (SSSR count). The van der Waals surface area contributed by atoms with Crippen LogP contribution in [0.25, 0.3) is 0 Å². The second kappa shape index (κ2) is 22.3.